The molecule has 1 aliphatic carbocycles. The number of hydrogen-bond acceptors (Lipinski definition) is 2. The summed E-state index contributed by atoms with van der Waals surface area (Å²) in [4.78, 5) is 0. The van der Waals surface area contributed by atoms with Crippen LogP contribution in [0.15, 0.2) is 18.2 Å². The molecular weight excluding hydrogens is 277 g/mol. The first-order chi connectivity index (χ1) is 9.90. The van der Waals surface area contributed by atoms with Crippen molar-refractivity contribution >= 4 is 5.69 Å². The third-order valence-electron chi connectivity index (χ3n) is 4.54. The van der Waals surface area contributed by atoms with Crippen molar-refractivity contribution in [3.05, 3.63) is 29.3 Å². The van der Waals surface area contributed by atoms with Gasteiger partial charge in [-0.25, -0.2) is 0 Å². The van der Waals surface area contributed by atoms with Gasteiger partial charge in [0, 0.05) is 6.54 Å². The summed E-state index contributed by atoms with van der Waals surface area (Å²) in [5.41, 5.74) is -0.0231. The number of alkyl halides is 3. The molecule has 0 spiro atoms. The Labute approximate surface area is 123 Å². The maximum absolute atomic E-state index is 12.7. The Bertz CT molecular complexity index is 537. The molecule has 2 nitrogen and oxygen atoms in total. The maximum atomic E-state index is 12.7. The summed E-state index contributed by atoms with van der Waals surface area (Å²) in [6.07, 6.45) is 1.31. The van der Waals surface area contributed by atoms with Crippen LogP contribution in [-0.2, 0) is 6.18 Å². The molecule has 0 atom stereocenters. The van der Waals surface area contributed by atoms with Crippen molar-refractivity contribution < 1.29 is 13.2 Å². The van der Waals surface area contributed by atoms with Crippen molar-refractivity contribution in [2.75, 3.05) is 11.9 Å². The minimum atomic E-state index is -4.42. The molecule has 5 heteroatoms. The third-order valence-corrected chi connectivity index (χ3v) is 4.54. The zero-order valence-corrected chi connectivity index (χ0v) is 12.1. The fourth-order valence-corrected chi connectivity index (χ4v) is 3.03. The zero-order chi connectivity index (χ0) is 15.5. The van der Waals surface area contributed by atoms with Crippen LogP contribution < -0.4 is 5.32 Å². The van der Waals surface area contributed by atoms with Gasteiger partial charge in [0.15, 0.2) is 0 Å². The van der Waals surface area contributed by atoms with Gasteiger partial charge in [-0.3, -0.25) is 0 Å². The number of nitriles is 1. The van der Waals surface area contributed by atoms with Crippen LogP contribution in [0.5, 0.6) is 0 Å². The molecule has 21 heavy (non-hydrogen) atoms. The number of benzene rings is 1. The van der Waals surface area contributed by atoms with Gasteiger partial charge in [0.05, 0.1) is 16.8 Å². The summed E-state index contributed by atoms with van der Waals surface area (Å²) in [6, 6.07) is 5.15. The normalized spacial score (nSPS) is 17.5. The van der Waals surface area contributed by atoms with Crippen LogP contribution in [0.2, 0.25) is 0 Å². The fourth-order valence-electron chi connectivity index (χ4n) is 3.03. The molecule has 1 saturated carbocycles. The van der Waals surface area contributed by atoms with Gasteiger partial charge in [-0.05, 0) is 42.9 Å². The quantitative estimate of drug-likeness (QED) is 0.852. The minimum absolute atomic E-state index is 0.0501. The second-order valence-electron chi connectivity index (χ2n) is 5.78. The van der Waals surface area contributed by atoms with Crippen LogP contribution >= 0.6 is 0 Å². The lowest BCUT2D eigenvalue weighted by atomic mass is 9.83. The van der Waals surface area contributed by atoms with E-state index in [-0.39, 0.29) is 11.0 Å². The Morgan fingerprint density at radius 2 is 1.95 bits per heavy atom. The number of nitrogens with one attached hydrogen (secondary N) is 1. The molecule has 1 fully saturated rings. The lowest BCUT2D eigenvalue weighted by molar-refractivity contribution is -0.137. The smallest absolute Gasteiger partial charge is 0.383 e. The largest absolute Gasteiger partial charge is 0.416 e. The van der Waals surface area contributed by atoms with Crippen LogP contribution in [-0.4, -0.2) is 6.54 Å². The SMILES string of the molecule is CCC1(CNc2ccc(C(F)(F)F)cc2C#N)CCCC1. The molecule has 0 aliphatic heterocycles. The van der Waals surface area contributed by atoms with E-state index in [4.69, 9.17) is 5.26 Å². The van der Waals surface area contributed by atoms with Crippen LogP contribution in [0.1, 0.15) is 50.2 Å². The summed E-state index contributed by atoms with van der Waals surface area (Å²) < 4.78 is 38.0. The van der Waals surface area contributed by atoms with E-state index < -0.39 is 11.7 Å². The van der Waals surface area contributed by atoms with E-state index in [0.29, 0.717) is 12.2 Å². The van der Waals surface area contributed by atoms with Crippen molar-refractivity contribution in [2.24, 2.45) is 5.41 Å². The number of anilines is 1. The van der Waals surface area contributed by atoms with Gasteiger partial charge in [-0.1, -0.05) is 19.8 Å². The molecule has 0 amide bonds. The van der Waals surface area contributed by atoms with E-state index in [0.717, 1.165) is 31.4 Å². The van der Waals surface area contributed by atoms with Crippen LogP contribution in [0, 0.1) is 16.7 Å². The summed E-state index contributed by atoms with van der Waals surface area (Å²) in [7, 11) is 0. The Kier molecular flexibility index (Phi) is 4.46. The summed E-state index contributed by atoms with van der Waals surface area (Å²) in [5, 5.41) is 12.3. The van der Waals surface area contributed by atoms with E-state index >= 15 is 0 Å². The second kappa shape index (κ2) is 5.97. The highest BCUT2D eigenvalue weighted by Crippen LogP contribution is 2.41. The van der Waals surface area contributed by atoms with Gasteiger partial charge in [0.1, 0.15) is 6.07 Å². The highest BCUT2D eigenvalue weighted by atomic mass is 19.4. The van der Waals surface area contributed by atoms with Gasteiger partial charge >= 0.3 is 6.18 Å². The standard InChI is InChI=1S/C16H19F3N2/c1-2-15(7-3-4-8-15)11-21-14-6-5-13(16(17,18)19)9-12(14)10-20/h5-6,9,21H,2-4,7-8,11H2,1H3. The average Bonchev–Trinajstić information content (AvgIpc) is 2.93. The van der Waals surface area contributed by atoms with E-state index in [1.54, 1.807) is 0 Å². The van der Waals surface area contributed by atoms with Gasteiger partial charge in [0.2, 0.25) is 0 Å². The van der Waals surface area contributed by atoms with Crippen molar-refractivity contribution in [1.82, 2.24) is 0 Å². The zero-order valence-electron chi connectivity index (χ0n) is 12.1. The third kappa shape index (κ3) is 3.49. The first-order valence-corrected chi connectivity index (χ1v) is 7.25. The van der Waals surface area contributed by atoms with E-state index in [1.165, 1.54) is 18.9 Å². The summed E-state index contributed by atoms with van der Waals surface area (Å²) in [6.45, 7) is 2.86. The Morgan fingerprint density at radius 1 is 1.29 bits per heavy atom. The van der Waals surface area contributed by atoms with Gasteiger partial charge in [-0.2, -0.15) is 18.4 Å². The van der Waals surface area contributed by atoms with E-state index in [1.807, 2.05) is 6.07 Å². The van der Waals surface area contributed by atoms with Crippen molar-refractivity contribution in [3.8, 4) is 6.07 Å². The molecule has 0 aromatic heterocycles. The van der Waals surface area contributed by atoms with Crippen molar-refractivity contribution in [3.63, 3.8) is 0 Å². The first-order valence-electron chi connectivity index (χ1n) is 7.25. The predicted octanol–water partition coefficient (Wildman–Crippen LogP) is 4.96. The molecule has 0 radical (unpaired) electrons. The van der Waals surface area contributed by atoms with Gasteiger partial charge in [0.25, 0.3) is 0 Å². The molecule has 1 aromatic carbocycles. The topological polar surface area (TPSA) is 35.8 Å². The highest BCUT2D eigenvalue weighted by Gasteiger charge is 2.33. The van der Waals surface area contributed by atoms with Gasteiger partial charge < -0.3 is 5.32 Å². The lowest BCUT2D eigenvalue weighted by Crippen LogP contribution is -2.26. The summed E-state index contributed by atoms with van der Waals surface area (Å²) >= 11 is 0. The molecule has 2 rings (SSSR count). The predicted molar refractivity (Wildman–Crippen MR) is 75.8 cm³/mol. The Morgan fingerprint density at radius 3 is 2.48 bits per heavy atom. The molecular formula is C16H19F3N2. The van der Waals surface area contributed by atoms with Crippen molar-refractivity contribution in [2.45, 2.75) is 45.2 Å². The molecule has 0 saturated heterocycles. The molecule has 114 valence electrons. The first kappa shape index (κ1) is 15.7. The molecule has 1 aliphatic rings. The number of hydrogen-bond donors (Lipinski definition) is 1. The van der Waals surface area contributed by atoms with Crippen LogP contribution in [0.3, 0.4) is 0 Å². The van der Waals surface area contributed by atoms with Crippen LogP contribution in [0.25, 0.3) is 0 Å². The van der Waals surface area contributed by atoms with E-state index in [9.17, 15) is 13.2 Å². The van der Waals surface area contributed by atoms with Gasteiger partial charge in [-0.15, -0.1) is 0 Å². The molecule has 1 N–H and O–H groups in total. The number of nitrogens with zero attached hydrogens (tertiary/aromatic N) is 1. The molecule has 0 bridgehead atoms. The monoisotopic (exact) mass is 296 g/mol. The van der Waals surface area contributed by atoms with Crippen LogP contribution in [0.4, 0.5) is 18.9 Å². The molecule has 1 aromatic rings. The lowest BCUT2D eigenvalue weighted by Gasteiger charge is -2.28. The summed E-state index contributed by atoms with van der Waals surface area (Å²) in [5.74, 6) is 0. The van der Waals surface area contributed by atoms with E-state index in [2.05, 4.69) is 12.2 Å². The highest BCUT2D eigenvalue weighted by molar-refractivity contribution is 5.59. The number of rotatable bonds is 4. The second-order valence-corrected chi connectivity index (χ2v) is 5.78. The Balaban J connectivity index is 2.15. The Hall–Kier alpha value is -1.70. The molecule has 0 unspecified atom stereocenters. The fraction of sp³-hybridized carbons (Fsp3) is 0.562. The minimum Gasteiger partial charge on any atom is -0.383 e. The maximum Gasteiger partial charge on any atom is 0.416 e. The molecule has 0 heterocycles. The average molecular weight is 296 g/mol. The van der Waals surface area contributed by atoms with Crippen molar-refractivity contribution in [1.29, 1.82) is 5.26 Å². The number of halogens is 3.